The van der Waals surface area contributed by atoms with Crippen molar-refractivity contribution in [2.75, 3.05) is 5.32 Å². The van der Waals surface area contributed by atoms with Crippen molar-refractivity contribution in [3.63, 3.8) is 0 Å². The molecule has 1 aliphatic heterocycles. The Morgan fingerprint density at radius 1 is 0.800 bits per heavy atom. The van der Waals surface area contributed by atoms with Crippen molar-refractivity contribution in [1.82, 2.24) is 4.90 Å². The van der Waals surface area contributed by atoms with Gasteiger partial charge in [0.1, 0.15) is 10.6 Å². The van der Waals surface area contributed by atoms with E-state index < -0.39 is 0 Å². The third kappa shape index (κ3) is 4.16. The van der Waals surface area contributed by atoms with Gasteiger partial charge in [0.2, 0.25) is 0 Å². The van der Waals surface area contributed by atoms with Crippen LogP contribution in [0.2, 0.25) is 0 Å². The number of carbonyl (C=O) groups is 2. The van der Waals surface area contributed by atoms with Crippen molar-refractivity contribution in [3.8, 4) is 0 Å². The van der Waals surface area contributed by atoms with E-state index in [2.05, 4.69) is 5.32 Å². The van der Waals surface area contributed by atoms with E-state index >= 15 is 0 Å². The van der Waals surface area contributed by atoms with Crippen LogP contribution in [0.4, 0.5) is 5.69 Å². The first-order valence-corrected chi connectivity index (χ1v) is 10.6. The minimum Gasteiger partial charge on any atom is -0.350 e. The van der Waals surface area contributed by atoms with Crippen molar-refractivity contribution >= 4 is 29.3 Å². The molecule has 5 heteroatoms. The smallest absolute Gasteiger partial charge is 0.278 e. The van der Waals surface area contributed by atoms with E-state index in [1.54, 1.807) is 0 Å². The Kier molecular flexibility index (Phi) is 5.72. The molecule has 0 radical (unpaired) electrons. The van der Waals surface area contributed by atoms with E-state index in [0.29, 0.717) is 10.6 Å². The van der Waals surface area contributed by atoms with Gasteiger partial charge in [-0.2, -0.15) is 0 Å². The van der Waals surface area contributed by atoms with Gasteiger partial charge in [0.25, 0.3) is 11.8 Å². The molecule has 150 valence electrons. The van der Waals surface area contributed by atoms with Crippen LogP contribution in [0.5, 0.6) is 0 Å². The van der Waals surface area contributed by atoms with E-state index in [1.807, 2.05) is 92.7 Å². The summed E-state index contributed by atoms with van der Waals surface area (Å²) in [6.07, 6.45) is 0. The van der Waals surface area contributed by atoms with Gasteiger partial charge in [-0.15, -0.1) is 0 Å². The van der Waals surface area contributed by atoms with Crippen LogP contribution in [0.15, 0.2) is 94.4 Å². The molecule has 0 saturated carbocycles. The van der Waals surface area contributed by atoms with E-state index in [-0.39, 0.29) is 18.4 Å². The highest BCUT2D eigenvalue weighted by Crippen LogP contribution is 2.36. The molecule has 3 aromatic rings. The maximum absolute atomic E-state index is 13.2. The third-order valence-corrected chi connectivity index (χ3v) is 6.14. The number of nitrogens with zero attached hydrogens (tertiary/aromatic N) is 1. The van der Waals surface area contributed by atoms with Gasteiger partial charge in [-0.1, -0.05) is 66.4 Å². The van der Waals surface area contributed by atoms with Crippen LogP contribution in [0.25, 0.3) is 0 Å². The van der Waals surface area contributed by atoms with E-state index in [4.69, 9.17) is 0 Å². The maximum Gasteiger partial charge on any atom is 0.278 e. The summed E-state index contributed by atoms with van der Waals surface area (Å²) >= 11 is 1.32. The van der Waals surface area contributed by atoms with Crippen LogP contribution in [-0.2, 0) is 16.1 Å². The summed E-state index contributed by atoms with van der Waals surface area (Å²) in [5.74, 6) is -0.579. The number of carbonyl (C=O) groups excluding carboxylic acids is 2. The minimum atomic E-state index is -0.305. The third-order valence-electron chi connectivity index (χ3n) is 5.05. The Morgan fingerprint density at radius 2 is 1.47 bits per heavy atom. The fourth-order valence-electron chi connectivity index (χ4n) is 3.24. The van der Waals surface area contributed by atoms with Crippen LogP contribution < -0.4 is 5.32 Å². The van der Waals surface area contributed by atoms with Crippen molar-refractivity contribution in [1.29, 1.82) is 0 Å². The number of aryl methyl sites for hydroxylation is 2. The number of hydrogen-bond donors (Lipinski definition) is 1. The highest BCUT2D eigenvalue weighted by Gasteiger charge is 2.39. The Labute approximate surface area is 180 Å². The molecule has 1 N–H and O–H groups in total. The predicted molar refractivity (Wildman–Crippen MR) is 121 cm³/mol. The molecular weight excluding hydrogens is 392 g/mol. The van der Waals surface area contributed by atoms with Gasteiger partial charge in [-0.3, -0.25) is 14.5 Å². The van der Waals surface area contributed by atoms with Gasteiger partial charge in [0, 0.05) is 10.6 Å². The van der Waals surface area contributed by atoms with Crippen molar-refractivity contribution in [3.05, 3.63) is 106 Å². The zero-order chi connectivity index (χ0) is 21.1. The normalized spacial score (nSPS) is 13.9. The van der Waals surface area contributed by atoms with Crippen LogP contribution >= 0.6 is 11.8 Å². The van der Waals surface area contributed by atoms with E-state index in [1.165, 1.54) is 22.2 Å². The standard InChI is InChI=1S/C25H22N2O2S/c1-17-13-14-20(15-18(17)2)26-22-23(30-21-11-7-4-8-12-21)25(29)27(24(22)28)16-19-9-5-3-6-10-19/h3-15,26H,16H2,1-2H3. The highest BCUT2D eigenvalue weighted by molar-refractivity contribution is 8.04. The van der Waals surface area contributed by atoms with Gasteiger partial charge in [-0.25, -0.2) is 0 Å². The number of benzene rings is 3. The maximum atomic E-state index is 13.2. The molecule has 2 amide bonds. The monoisotopic (exact) mass is 414 g/mol. The summed E-state index contributed by atoms with van der Waals surface area (Å²) in [6, 6.07) is 25.1. The number of imide groups is 1. The zero-order valence-corrected chi connectivity index (χ0v) is 17.7. The van der Waals surface area contributed by atoms with Crippen LogP contribution in [0, 0.1) is 13.8 Å². The molecule has 4 nitrogen and oxygen atoms in total. The number of amides is 2. The molecular formula is C25H22N2O2S. The summed E-state index contributed by atoms with van der Waals surface area (Å²) in [7, 11) is 0. The number of nitrogens with one attached hydrogen (secondary N) is 1. The predicted octanol–water partition coefficient (Wildman–Crippen LogP) is 5.29. The largest absolute Gasteiger partial charge is 0.350 e. The summed E-state index contributed by atoms with van der Waals surface area (Å²) in [4.78, 5) is 29.1. The average molecular weight is 415 g/mol. The lowest BCUT2D eigenvalue weighted by atomic mass is 10.1. The average Bonchev–Trinajstić information content (AvgIpc) is 2.97. The summed E-state index contributed by atoms with van der Waals surface area (Å²) in [5, 5.41) is 3.22. The zero-order valence-electron chi connectivity index (χ0n) is 16.9. The molecule has 0 atom stereocenters. The lowest BCUT2D eigenvalue weighted by Gasteiger charge is -2.15. The molecule has 0 saturated heterocycles. The van der Waals surface area contributed by atoms with Crippen molar-refractivity contribution < 1.29 is 9.59 Å². The lowest BCUT2D eigenvalue weighted by molar-refractivity contribution is -0.137. The molecule has 30 heavy (non-hydrogen) atoms. The van der Waals surface area contributed by atoms with E-state index in [0.717, 1.165) is 21.7 Å². The topological polar surface area (TPSA) is 49.4 Å². The fraction of sp³-hybridized carbons (Fsp3) is 0.120. The summed E-state index contributed by atoms with van der Waals surface area (Å²) in [6.45, 7) is 4.31. The molecule has 3 aromatic carbocycles. The van der Waals surface area contributed by atoms with Gasteiger partial charge >= 0.3 is 0 Å². The summed E-state index contributed by atoms with van der Waals surface area (Å²) < 4.78 is 0. The Morgan fingerprint density at radius 3 is 2.13 bits per heavy atom. The van der Waals surface area contributed by atoms with Crippen molar-refractivity contribution in [2.45, 2.75) is 25.3 Å². The Bertz CT molecular complexity index is 1120. The minimum absolute atomic E-state index is 0.245. The fourth-order valence-corrected chi connectivity index (χ4v) is 4.21. The lowest BCUT2D eigenvalue weighted by Crippen LogP contribution is -2.31. The number of hydrogen-bond acceptors (Lipinski definition) is 4. The van der Waals surface area contributed by atoms with Crippen LogP contribution in [0.1, 0.15) is 16.7 Å². The molecule has 4 rings (SSSR count). The molecule has 0 unspecified atom stereocenters. The number of anilines is 1. The van der Waals surface area contributed by atoms with Gasteiger partial charge < -0.3 is 5.32 Å². The number of thioether (sulfide) groups is 1. The van der Waals surface area contributed by atoms with E-state index in [9.17, 15) is 9.59 Å². The first-order chi connectivity index (χ1) is 14.5. The molecule has 0 aliphatic carbocycles. The molecule has 1 aliphatic rings. The molecule has 0 spiro atoms. The first kappa shape index (κ1) is 20.0. The molecule has 0 bridgehead atoms. The van der Waals surface area contributed by atoms with Gasteiger partial charge in [0.05, 0.1) is 6.54 Å². The highest BCUT2D eigenvalue weighted by atomic mass is 32.2. The number of rotatable bonds is 6. The quantitative estimate of drug-likeness (QED) is 0.557. The Hall–Kier alpha value is -3.31. The van der Waals surface area contributed by atoms with Gasteiger partial charge in [-0.05, 0) is 54.8 Å². The molecule has 0 aromatic heterocycles. The second-order valence-electron chi connectivity index (χ2n) is 7.23. The van der Waals surface area contributed by atoms with Crippen LogP contribution in [0.3, 0.4) is 0 Å². The second-order valence-corrected chi connectivity index (χ2v) is 8.31. The Balaban J connectivity index is 1.68. The summed E-state index contributed by atoms with van der Waals surface area (Å²) in [5.41, 5.74) is 4.33. The molecule has 0 fully saturated rings. The van der Waals surface area contributed by atoms with Crippen molar-refractivity contribution in [2.24, 2.45) is 0 Å². The first-order valence-electron chi connectivity index (χ1n) is 9.74. The van der Waals surface area contributed by atoms with Gasteiger partial charge in [0.15, 0.2) is 0 Å². The molecule has 1 heterocycles. The second kappa shape index (κ2) is 8.59. The SMILES string of the molecule is Cc1ccc(NC2=C(Sc3ccccc3)C(=O)N(Cc3ccccc3)C2=O)cc1C. The van der Waals surface area contributed by atoms with Crippen LogP contribution in [-0.4, -0.2) is 16.7 Å².